The Morgan fingerprint density at radius 3 is 2.87 bits per heavy atom. The molecule has 0 aromatic rings. The highest BCUT2D eigenvalue weighted by molar-refractivity contribution is 7.98. The van der Waals surface area contributed by atoms with E-state index in [1.165, 1.54) is 0 Å². The monoisotopic (exact) mass is 228 g/mol. The van der Waals surface area contributed by atoms with E-state index in [0.29, 0.717) is 12.6 Å². The van der Waals surface area contributed by atoms with Crippen LogP contribution in [0.1, 0.15) is 19.3 Å². The van der Waals surface area contributed by atoms with Gasteiger partial charge >= 0.3 is 0 Å². The Balaban J connectivity index is 2.43. The van der Waals surface area contributed by atoms with E-state index in [4.69, 9.17) is 5.73 Å². The van der Waals surface area contributed by atoms with E-state index in [2.05, 4.69) is 6.58 Å². The van der Waals surface area contributed by atoms with Gasteiger partial charge in [-0.25, -0.2) is 0 Å². The number of thioether (sulfide) groups is 1. The van der Waals surface area contributed by atoms with Crippen molar-refractivity contribution >= 4 is 17.7 Å². The second-order valence-electron chi connectivity index (χ2n) is 3.90. The van der Waals surface area contributed by atoms with Gasteiger partial charge in [-0.2, -0.15) is 11.8 Å². The minimum atomic E-state index is -0.335. The van der Waals surface area contributed by atoms with Crippen LogP contribution in [0, 0.1) is 0 Å². The average Bonchev–Trinajstić information content (AvgIpc) is 3.05. The molecule has 0 radical (unpaired) electrons. The molecule has 4 heteroatoms. The van der Waals surface area contributed by atoms with Gasteiger partial charge in [0.05, 0.1) is 6.04 Å². The fourth-order valence-corrected chi connectivity index (χ4v) is 2.02. The summed E-state index contributed by atoms with van der Waals surface area (Å²) >= 11 is 1.73. The number of amides is 1. The highest BCUT2D eigenvalue weighted by atomic mass is 32.2. The predicted octanol–water partition coefficient (Wildman–Crippen LogP) is 1.24. The van der Waals surface area contributed by atoms with Crippen molar-refractivity contribution < 1.29 is 4.79 Å². The lowest BCUT2D eigenvalue weighted by molar-refractivity contribution is -0.132. The Hall–Kier alpha value is -0.480. The van der Waals surface area contributed by atoms with E-state index in [1.54, 1.807) is 17.8 Å². The molecule has 0 aliphatic heterocycles. The Morgan fingerprint density at radius 2 is 2.40 bits per heavy atom. The Labute approximate surface area is 96.1 Å². The van der Waals surface area contributed by atoms with Crippen LogP contribution in [0.5, 0.6) is 0 Å². The first-order valence-corrected chi connectivity index (χ1v) is 6.76. The standard InChI is InChI=1S/C11H20N2OS/c1-3-7-13(9-4-5-9)11(14)10(12)6-8-15-2/h3,9-10H,1,4-8,12H2,2H3/t10-/m0/s1. The molecule has 1 amide bonds. The molecule has 0 saturated heterocycles. The van der Waals surface area contributed by atoms with E-state index < -0.39 is 0 Å². The molecular formula is C11H20N2OS. The van der Waals surface area contributed by atoms with Gasteiger partial charge in [0.25, 0.3) is 0 Å². The number of hydrogen-bond donors (Lipinski definition) is 1. The summed E-state index contributed by atoms with van der Waals surface area (Å²) in [5, 5.41) is 0. The smallest absolute Gasteiger partial charge is 0.240 e. The van der Waals surface area contributed by atoms with Crippen LogP contribution in [-0.2, 0) is 4.79 Å². The molecule has 1 rings (SSSR count). The quantitative estimate of drug-likeness (QED) is 0.667. The van der Waals surface area contributed by atoms with Gasteiger partial charge in [-0.15, -0.1) is 6.58 Å². The number of carbonyl (C=O) groups excluding carboxylic acids is 1. The fraction of sp³-hybridized carbons (Fsp3) is 0.727. The summed E-state index contributed by atoms with van der Waals surface area (Å²) in [4.78, 5) is 13.8. The van der Waals surface area contributed by atoms with Gasteiger partial charge in [0.1, 0.15) is 0 Å². The molecule has 0 aromatic carbocycles. The van der Waals surface area contributed by atoms with Gasteiger partial charge in [0.15, 0.2) is 0 Å². The average molecular weight is 228 g/mol. The van der Waals surface area contributed by atoms with Crippen LogP contribution >= 0.6 is 11.8 Å². The summed E-state index contributed by atoms with van der Waals surface area (Å²) < 4.78 is 0. The van der Waals surface area contributed by atoms with Crippen molar-refractivity contribution in [3.8, 4) is 0 Å². The van der Waals surface area contributed by atoms with E-state index in [0.717, 1.165) is 25.0 Å². The lowest BCUT2D eigenvalue weighted by Crippen LogP contribution is -2.45. The summed E-state index contributed by atoms with van der Waals surface area (Å²) in [5.41, 5.74) is 5.86. The maximum atomic E-state index is 12.0. The van der Waals surface area contributed by atoms with Crippen molar-refractivity contribution in [1.29, 1.82) is 0 Å². The second-order valence-corrected chi connectivity index (χ2v) is 4.88. The number of nitrogens with two attached hydrogens (primary N) is 1. The molecular weight excluding hydrogens is 208 g/mol. The van der Waals surface area contributed by atoms with Crippen LogP contribution in [0.15, 0.2) is 12.7 Å². The lowest BCUT2D eigenvalue weighted by atomic mass is 10.2. The highest BCUT2D eigenvalue weighted by Gasteiger charge is 2.33. The summed E-state index contributed by atoms with van der Waals surface area (Å²) in [6.45, 7) is 4.31. The first kappa shape index (κ1) is 12.6. The fourth-order valence-electron chi connectivity index (χ4n) is 1.53. The molecule has 3 nitrogen and oxygen atoms in total. The van der Waals surface area contributed by atoms with Crippen molar-refractivity contribution in [3.05, 3.63) is 12.7 Å². The number of rotatable bonds is 7. The van der Waals surface area contributed by atoms with E-state index in [-0.39, 0.29) is 11.9 Å². The first-order chi connectivity index (χ1) is 7.20. The molecule has 0 aromatic heterocycles. The van der Waals surface area contributed by atoms with Gasteiger partial charge in [0.2, 0.25) is 5.91 Å². The first-order valence-electron chi connectivity index (χ1n) is 5.36. The van der Waals surface area contributed by atoms with Crippen LogP contribution in [0.4, 0.5) is 0 Å². The van der Waals surface area contributed by atoms with Crippen LogP contribution in [0.25, 0.3) is 0 Å². The van der Waals surface area contributed by atoms with Gasteiger partial charge in [-0.3, -0.25) is 4.79 Å². The number of carbonyl (C=O) groups is 1. The van der Waals surface area contributed by atoms with E-state index in [1.807, 2.05) is 11.2 Å². The van der Waals surface area contributed by atoms with Crippen LogP contribution in [0.2, 0.25) is 0 Å². The molecule has 0 bridgehead atoms. The third-order valence-electron chi connectivity index (χ3n) is 2.55. The molecule has 0 heterocycles. The summed E-state index contributed by atoms with van der Waals surface area (Å²) in [6.07, 6.45) is 6.81. The van der Waals surface area contributed by atoms with E-state index in [9.17, 15) is 4.79 Å². The largest absolute Gasteiger partial charge is 0.335 e. The molecule has 1 atom stereocenters. The second kappa shape index (κ2) is 6.18. The zero-order valence-electron chi connectivity index (χ0n) is 9.32. The minimum Gasteiger partial charge on any atom is -0.335 e. The van der Waals surface area contributed by atoms with Crippen LogP contribution in [0.3, 0.4) is 0 Å². The van der Waals surface area contributed by atoms with Crippen LogP contribution in [-0.4, -0.2) is 41.4 Å². The molecule has 1 saturated carbocycles. The molecule has 1 aliphatic rings. The molecule has 1 aliphatic carbocycles. The maximum Gasteiger partial charge on any atom is 0.240 e. The van der Waals surface area contributed by atoms with Crippen molar-refractivity contribution in [1.82, 2.24) is 4.90 Å². The van der Waals surface area contributed by atoms with Crippen molar-refractivity contribution in [2.45, 2.75) is 31.3 Å². The van der Waals surface area contributed by atoms with Crippen molar-refractivity contribution in [2.75, 3.05) is 18.6 Å². The van der Waals surface area contributed by atoms with Gasteiger partial charge in [-0.1, -0.05) is 6.08 Å². The Kier molecular flexibility index (Phi) is 5.19. The van der Waals surface area contributed by atoms with Crippen molar-refractivity contribution in [3.63, 3.8) is 0 Å². The maximum absolute atomic E-state index is 12.0. The minimum absolute atomic E-state index is 0.0893. The Bertz CT molecular complexity index is 229. The highest BCUT2D eigenvalue weighted by Crippen LogP contribution is 2.27. The molecule has 2 N–H and O–H groups in total. The molecule has 15 heavy (non-hydrogen) atoms. The zero-order chi connectivity index (χ0) is 11.3. The van der Waals surface area contributed by atoms with Gasteiger partial charge < -0.3 is 10.6 Å². The summed E-state index contributed by atoms with van der Waals surface area (Å²) in [7, 11) is 0. The zero-order valence-corrected chi connectivity index (χ0v) is 10.1. The number of nitrogens with zero attached hydrogens (tertiary/aromatic N) is 1. The lowest BCUT2D eigenvalue weighted by Gasteiger charge is -2.24. The molecule has 86 valence electrons. The van der Waals surface area contributed by atoms with Gasteiger partial charge in [-0.05, 0) is 31.3 Å². The third-order valence-corrected chi connectivity index (χ3v) is 3.19. The molecule has 1 fully saturated rings. The predicted molar refractivity (Wildman–Crippen MR) is 65.9 cm³/mol. The SMILES string of the molecule is C=CCN(C(=O)[C@@H](N)CCSC)C1CC1. The van der Waals surface area contributed by atoms with E-state index >= 15 is 0 Å². The van der Waals surface area contributed by atoms with Gasteiger partial charge in [0, 0.05) is 12.6 Å². The molecule has 0 unspecified atom stereocenters. The number of hydrogen-bond acceptors (Lipinski definition) is 3. The Morgan fingerprint density at radius 1 is 1.73 bits per heavy atom. The summed E-state index contributed by atoms with van der Waals surface area (Å²) in [5.74, 6) is 1.03. The van der Waals surface area contributed by atoms with Crippen LogP contribution < -0.4 is 5.73 Å². The molecule has 0 spiro atoms. The third kappa shape index (κ3) is 3.87. The summed E-state index contributed by atoms with van der Waals surface area (Å²) in [6, 6.07) is 0.0915. The normalized spacial score (nSPS) is 17.2. The van der Waals surface area contributed by atoms with Crippen molar-refractivity contribution in [2.24, 2.45) is 5.73 Å². The topological polar surface area (TPSA) is 46.3 Å².